The van der Waals surface area contributed by atoms with Crippen molar-refractivity contribution in [1.82, 2.24) is 9.80 Å². The summed E-state index contributed by atoms with van der Waals surface area (Å²) in [6.07, 6.45) is 15.8. The molecule has 6 rings (SSSR count). The molecule has 4 nitrogen and oxygen atoms in total. The molecule has 4 aliphatic heterocycles. The van der Waals surface area contributed by atoms with Gasteiger partial charge in [0, 0.05) is 44.9 Å². The van der Waals surface area contributed by atoms with Crippen molar-refractivity contribution in [2.75, 3.05) is 66.7 Å². The lowest BCUT2D eigenvalue weighted by Gasteiger charge is -2.50. The molecule has 2 aliphatic carbocycles. The molecule has 4 saturated heterocycles. The first-order valence-electron chi connectivity index (χ1n) is 16.6. The lowest BCUT2D eigenvalue weighted by molar-refractivity contribution is -0.0698. The number of likely N-dealkylation sites (tertiary alicyclic amines) is 2. The molecule has 224 valence electrons. The van der Waals surface area contributed by atoms with Gasteiger partial charge in [-0.3, -0.25) is 0 Å². The molecule has 2 spiro atoms. The average molecular weight is 527 g/mol. The van der Waals surface area contributed by atoms with E-state index in [4.69, 9.17) is 9.47 Å². The fraction of sp³-hybridized carbons (Fsp3) is 1.00. The Morgan fingerprint density at radius 3 is 1.14 bits per heavy atom. The van der Waals surface area contributed by atoms with E-state index in [9.17, 15) is 0 Å². The van der Waals surface area contributed by atoms with Crippen molar-refractivity contribution in [3.63, 3.8) is 0 Å². The summed E-state index contributed by atoms with van der Waals surface area (Å²) in [5, 5.41) is 0. The number of fused-ring (bicyclic) bond motifs is 2. The lowest BCUT2D eigenvalue weighted by Crippen LogP contribution is -2.56. The minimum Gasteiger partial charge on any atom is -0.381 e. The Bertz CT molecular complexity index is 457. The highest BCUT2D eigenvalue weighted by Crippen LogP contribution is 2.44. The molecule has 4 heteroatoms. The quantitative estimate of drug-likeness (QED) is 0.316. The molecule has 0 amide bonds. The van der Waals surface area contributed by atoms with Gasteiger partial charge >= 0.3 is 0 Å². The summed E-state index contributed by atoms with van der Waals surface area (Å²) in [4.78, 5) is 4.84. The number of ether oxygens (including phenoxy) is 2. The number of nitrogens with zero attached hydrogens (tertiary/aromatic N) is 2. The molecule has 0 radical (unpaired) electrons. The first kappa shape index (κ1) is 36.8. The summed E-state index contributed by atoms with van der Waals surface area (Å²) in [6.45, 7) is 25.2. The Labute approximate surface area is 234 Å². The first-order valence-corrected chi connectivity index (χ1v) is 16.6. The molecule has 4 heterocycles. The summed E-state index contributed by atoms with van der Waals surface area (Å²) >= 11 is 0. The number of hydrogen-bond acceptors (Lipinski definition) is 4. The van der Waals surface area contributed by atoms with Crippen LogP contribution in [0.5, 0.6) is 0 Å². The Balaban J connectivity index is 0.000000471. The van der Waals surface area contributed by atoms with E-state index < -0.39 is 0 Å². The van der Waals surface area contributed by atoms with Gasteiger partial charge < -0.3 is 19.3 Å². The van der Waals surface area contributed by atoms with Gasteiger partial charge in [0.2, 0.25) is 0 Å². The van der Waals surface area contributed by atoms with Crippen LogP contribution < -0.4 is 0 Å². The van der Waals surface area contributed by atoms with Crippen molar-refractivity contribution < 1.29 is 9.47 Å². The summed E-state index contributed by atoms with van der Waals surface area (Å²) in [5.74, 6) is 2.34. The molecule has 0 N–H and O–H groups in total. The molecule has 0 aromatic carbocycles. The monoisotopic (exact) mass is 527 g/mol. The molecule has 2 saturated carbocycles. The molecule has 6 fully saturated rings. The second-order valence-corrected chi connectivity index (χ2v) is 11.3. The normalized spacial score (nSPS) is 28.4. The van der Waals surface area contributed by atoms with E-state index in [0.29, 0.717) is 10.8 Å². The summed E-state index contributed by atoms with van der Waals surface area (Å²) in [6, 6.07) is 0. The summed E-state index contributed by atoms with van der Waals surface area (Å²) < 4.78 is 10.7. The van der Waals surface area contributed by atoms with Crippen molar-refractivity contribution in [3.05, 3.63) is 0 Å². The zero-order valence-corrected chi connectivity index (χ0v) is 27.3. The zero-order valence-electron chi connectivity index (χ0n) is 27.3. The standard InChI is InChI=1S/C10H19NO.C8H15NO.C7H12.4C2H6/c1-11-6-2-10(3-7-11)4-8-12-9-5-10;1-9-6-8(7-9)2-4-10-5-3-8;1-2-7-4-3-6(1)5-7;4*1-2/h2-9H2,1H3;2-7H2,1H3;6-7H,1-5H2;4*1-2H3. The lowest BCUT2D eigenvalue weighted by atomic mass is 9.73. The second kappa shape index (κ2) is 21.6. The molecule has 0 aromatic heterocycles. The van der Waals surface area contributed by atoms with Gasteiger partial charge in [-0.05, 0) is 89.4 Å². The molecule has 0 unspecified atom stereocenters. The van der Waals surface area contributed by atoms with Gasteiger partial charge in [-0.1, -0.05) is 81.1 Å². The van der Waals surface area contributed by atoms with Gasteiger partial charge in [-0.2, -0.15) is 0 Å². The first-order chi connectivity index (χ1) is 18.1. The van der Waals surface area contributed by atoms with Gasteiger partial charge in [0.05, 0.1) is 0 Å². The topological polar surface area (TPSA) is 24.9 Å². The third-order valence-electron chi connectivity index (χ3n) is 9.00. The van der Waals surface area contributed by atoms with E-state index in [2.05, 4.69) is 23.9 Å². The smallest absolute Gasteiger partial charge is 0.0472 e. The van der Waals surface area contributed by atoms with E-state index in [-0.39, 0.29) is 0 Å². The SMILES string of the molecule is C1CC2CCC1C2.CC.CC.CC.CC.CN1CC2(CCOCC2)C1.CN1CCC2(CCOCC2)CC1. The van der Waals surface area contributed by atoms with Crippen molar-refractivity contribution >= 4 is 0 Å². The summed E-state index contributed by atoms with van der Waals surface area (Å²) in [7, 11) is 4.42. The Hall–Kier alpha value is -0.160. The van der Waals surface area contributed by atoms with Crippen molar-refractivity contribution in [2.24, 2.45) is 22.7 Å². The maximum absolute atomic E-state index is 5.41. The zero-order chi connectivity index (χ0) is 28.2. The van der Waals surface area contributed by atoms with Crippen LogP contribution >= 0.6 is 0 Å². The molecular formula is C33H70N2O2. The predicted molar refractivity (Wildman–Crippen MR) is 165 cm³/mol. The maximum atomic E-state index is 5.41. The van der Waals surface area contributed by atoms with E-state index in [1.165, 1.54) is 76.5 Å². The average Bonchev–Trinajstić information content (AvgIpc) is 3.63. The molecule has 0 aromatic rings. The minimum absolute atomic E-state index is 0.671. The maximum Gasteiger partial charge on any atom is 0.0472 e. The Kier molecular flexibility index (Phi) is 21.5. The van der Waals surface area contributed by atoms with Crippen LogP contribution in [0.2, 0.25) is 0 Å². The van der Waals surface area contributed by atoms with E-state index in [0.717, 1.165) is 26.4 Å². The third-order valence-corrected chi connectivity index (χ3v) is 9.00. The van der Waals surface area contributed by atoms with Gasteiger partial charge in [0.25, 0.3) is 0 Å². The van der Waals surface area contributed by atoms with Crippen molar-refractivity contribution in [1.29, 1.82) is 0 Å². The number of piperidine rings is 1. The van der Waals surface area contributed by atoms with Crippen LogP contribution in [-0.2, 0) is 9.47 Å². The largest absolute Gasteiger partial charge is 0.381 e. The van der Waals surface area contributed by atoms with E-state index in [1.807, 2.05) is 55.4 Å². The molecule has 2 bridgehead atoms. The Morgan fingerprint density at radius 2 is 0.838 bits per heavy atom. The molecular weight excluding hydrogens is 456 g/mol. The molecule has 37 heavy (non-hydrogen) atoms. The minimum atomic E-state index is 0.671. The fourth-order valence-corrected chi connectivity index (χ4v) is 6.79. The van der Waals surface area contributed by atoms with Crippen LogP contribution in [0.1, 0.15) is 126 Å². The van der Waals surface area contributed by atoms with Crippen LogP contribution in [-0.4, -0.2) is 76.5 Å². The highest BCUT2D eigenvalue weighted by atomic mass is 16.5. The van der Waals surface area contributed by atoms with E-state index in [1.54, 1.807) is 32.1 Å². The van der Waals surface area contributed by atoms with Gasteiger partial charge in [0.15, 0.2) is 0 Å². The predicted octanol–water partition coefficient (Wildman–Crippen LogP) is 8.54. The van der Waals surface area contributed by atoms with E-state index >= 15 is 0 Å². The number of hydrogen-bond donors (Lipinski definition) is 0. The van der Waals surface area contributed by atoms with Crippen molar-refractivity contribution in [3.8, 4) is 0 Å². The highest BCUT2D eigenvalue weighted by Gasteiger charge is 2.41. The van der Waals surface area contributed by atoms with Crippen LogP contribution in [0.25, 0.3) is 0 Å². The van der Waals surface area contributed by atoms with Gasteiger partial charge in [-0.25, -0.2) is 0 Å². The highest BCUT2D eigenvalue weighted by molar-refractivity contribution is 4.94. The fourth-order valence-electron chi connectivity index (χ4n) is 6.79. The second-order valence-electron chi connectivity index (χ2n) is 11.3. The third kappa shape index (κ3) is 13.2. The van der Waals surface area contributed by atoms with Crippen LogP contribution in [0.15, 0.2) is 0 Å². The van der Waals surface area contributed by atoms with Gasteiger partial charge in [-0.15, -0.1) is 0 Å². The molecule has 6 aliphatic rings. The Morgan fingerprint density at radius 1 is 0.486 bits per heavy atom. The summed E-state index contributed by atoms with van der Waals surface area (Å²) in [5.41, 5.74) is 1.35. The van der Waals surface area contributed by atoms with Gasteiger partial charge in [0.1, 0.15) is 0 Å². The van der Waals surface area contributed by atoms with Crippen molar-refractivity contribution in [2.45, 2.75) is 126 Å². The van der Waals surface area contributed by atoms with Crippen LogP contribution in [0.3, 0.4) is 0 Å². The van der Waals surface area contributed by atoms with Crippen LogP contribution in [0, 0.1) is 22.7 Å². The van der Waals surface area contributed by atoms with Crippen LogP contribution in [0.4, 0.5) is 0 Å². The molecule has 0 atom stereocenters. The number of rotatable bonds is 0.